The second-order valence-electron chi connectivity index (χ2n) is 6.48. The molecule has 130 valence electrons. The number of aryl methyl sites for hydroxylation is 1. The minimum Gasteiger partial charge on any atom is -0.399 e. The molecular weight excluding hydrogens is 314 g/mol. The zero-order valence-electron chi connectivity index (χ0n) is 14.3. The number of anilines is 1. The number of hydrogen-bond donors (Lipinski definition) is 3. The number of nitrogen functional groups attached to an aromatic ring is 1. The lowest BCUT2D eigenvalue weighted by atomic mass is 9.87. The van der Waals surface area contributed by atoms with Crippen molar-refractivity contribution in [3.63, 3.8) is 0 Å². The highest BCUT2D eigenvalue weighted by atomic mass is 16.2. The molecule has 2 amide bonds. The summed E-state index contributed by atoms with van der Waals surface area (Å²) in [6.07, 6.45) is 2.98. The molecule has 1 aliphatic carbocycles. The van der Waals surface area contributed by atoms with Gasteiger partial charge in [0.15, 0.2) is 0 Å². The average molecular weight is 337 g/mol. The SMILES string of the molecule is CC(=O)NCc1ccc(C(=O)NC2CCCc3cc(N)ccc32)cc1. The molecule has 5 heteroatoms. The van der Waals surface area contributed by atoms with Crippen molar-refractivity contribution in [1.29, 1.82) is 0 Å². The van der Waals surface area contributed by atoms with Crippen molar-refractivity contribution < 1.29 is 9.59 Å². The number of carbonyl (C=O) groups excluding carboxylic acids is 2. The summed E-state index contributed by atoms with van der Waals surface area (Å²) in [5.74, 6) is -0.154. The van der Waals surface area contributed by atoms with E-state index in [0.29, 0.717) is 12.1 Å². The summed E-state index contributed by atoms with van der Waals surface area (Å²) in [5, 5.41) is 5.87. The Kier molecular flexibility index (Phi) is 5.03. The van der Waals surface area contributed by atoms with Gasteiger partial charge in [0.1, 0.15) is 0 Å². The zero-order valence-corrected chi connectivity index (χ0v) is 14.3. The highest BCUT2D eigenvalue weighted by Gasteiger charge is 2.22. The Balaban J connectivity index is 1.68. The minimum atomic E-state index is -0.0826. The molecule has 0 heterocycles. The van der Waals surface area contributed by atoms with Crippen LogP contribution < -0.4 is 16.4 Å². The Morgan fingerprint density at radius 3 is 2.64 bits per heavy atom. The first kappa shape index (κ1) is 17.0. The predicted octanol–water partition coefficient (Wildman–Crippen LogP) is 2.71. The Labute approximate surface area is 147 Å². The van der Waals surface area contributed by atoms with Crippen molar-refractivity contribution >= 4 is 17.5 Å². The van der Waals surface area contributed by atoms with Crippen LogP contribution in [0.15, 0.2) is 42.5 Å². The molecule has 1 atom stereocenters. The van der Waals surface area contributed by atoms with Gasteiger partial charge in [0.2, 0.25) is 5.91 Å². The van der Waals surface area contributed by atoms with Crippen molar-refractivity contribution in [3.8, 4) is 0 Å². The fraction of sp³-hybridized carbons (Fsp3) is 0.300. The van der Waals surface area contributed by atoms with Crippen LogP contribution in [0.2, 0.25) is 0 Å². The maximum absolute atomic E-state index is 12.6. The number of amides is 2. The van der Waals surface area contributed by atoms with Gasteiger partial charge >= 0.3 is 0 Å². The molecule has 3 rings (SSSR count). The number of nitrogens with one attached hydrogen (secondary N) is 2. The van der Waals surface area contributed by atoms with Crippen LogP contribution in [0.5, 0.6) is 0 Å². The van der Waals surface area contributed by atoms with Crippen LogP contribution in [0.25, 0.3) is 0 Å². The molecule has 1 unspecified atom stereocenters. The van der Waals surface area contributed by atoms with Crippen molar-refractivity contribution in [2.45, 2.75) is 38.8 Å². The quantitative estimate of drug-likeness (QED) is 0.750. The molecule has 0 spiro atoms. The predicted molar refractivity (Wildman–Crippen MR) is 98.0 cm³/mol. The Morgan fingerprint density at radius 2 is 1.92 bits per heavy atom. The van der Waals surface area contributed by atoms with Gasteiger partial charge in [-0.2, -0.15) is 0 Å². The summed E-state index contributed by atoms with van der Waals surface area (Å²) in [5.41, 5.74) is 10.6. The van der Waals surface area contributed by atoms with E-state index in [2.05, 4.69) is 10.6 Å². The lowest BCUT2D eigenvalue weighted by Gasteiger charge is -2.26. The van der Waals surface area contributed by atoms with Gasteiger partial charge in [0.25, 0.3) is 5.91 Å². The van der Waals surface area contributed by atoms with Gasteiger partial charge in [-0.3, -0.25) is 9.59 Å². The monoisotopic (exact) mass is 337 g/mol. The lowest BCUT2D eigenvalue weighted by Crippen LogP contribution is -2.31. The van der Waals surface area contributed by atoms with Crippen molar-refractivity contribution in [1.82, 2.24) is 10.6 Å². The molecule has 0 saturated carbocycles. The van der Waals surface area contributed by atoms with Crippen LogP contribution in [0.1, 0.15) is 52.9 Å². The van der Waals surface area contributed by atoms with Gasteiger partial charge in [0.05, 0.1) is 6.04 Å². The molecule has 25 heavy (non-hydrogen) atoms. The second-order valence-corrected chi connectivity index (χ2v) is 6.48. The van der Waals surface area contributed by atoms with E-state index in [1.807, 2.05) is 30.3 Å². The third-order valence-corrected chi connectivity index (χ3v) is 4.54. The summed E-state index contributed by atoms with van der Waals surface area (Å²) < 4.78 is 0. The molecule has 0 fully saturated rings. The first-order valence-electron chi connectivity index (χ1n) is 8.55. The van der Waals surface area contributed by atoms with Crippen molar-refractivity contribution in [3.05, 3.63) is 64.7 Å². The topological polar surface area (TPSA) is 84.2 Å². The largest absolute Gasteiger partial charge is 0.399 e. The second kappa shape index (κ2) is 7.38. The molecule has 4 N–H and O–H groups in total. The number of hydrogen-bond acceptors (Lipinski definition) is 3. The summed E-state index contributed by atoms with van der Waals surface area (Å²) in [6, 6.07) is 13.2. The van der Waals surface area contributed by atoms with Crippen LogP contribution in [0.3, 0.4) is 0 Å². The molecule has 0 saturated heterocycles. The first-order valence-corrected chi connectivity index (χ1v) is 8.55. The molecule has 1 aliphatic rings. The van der Waals surface area contributed by atoms with Gasteiger partial charge in [0, 0.05) is 24.7 Å². The highest BCUT2D eigenvalue weighted by Crippen LogP contribution is 2.31. The molecule has 5 nitrogen and oxygen atoms in total. The normalized spacial score (nSPS) is 16.0. The van der Waals surface area contributed by atoms with E-state index >= 15 is 0 Å². The van der Waals surface area contributed by atoms with Crippen LogP contribution in [0, 0.1) is 0 Å². The van der Waals surface area contributed by atoms with E-state index in [-0.39, 0.29) is 17.9 Å². The first-order chi connectivity index (χ1) is 12.0. The van der Waals surface area contributed by atoms with Gasteiger partial charge in [-0.15, -0.1) is 0 Å². The molecule has 0 aromatic heterocycles. The molecular formula is C20H23N3O2. The number of benzene rings is 2. The molecule has 0 bridgehead atoms. The van der Waals surface area contributed by atoms with Crippen LogP contribution >= 0.6 is 0 Å². The van der Waals surface area contributed by atoms with Crippen molar-refractivity contribution in [2.75, 3.05) is 5.73 Å². The van der Waals surface area contributed by atoms with Gasteiger partial charge in [-0.05, 0) is 60.2 Å². The van der Waals surface area contributed by atoms with E-state index < -0.39 is 0 Å². The lowest BCUT2D eigenvalue weighted by molar-refractivity contribution is -0.119. The fourth-order valence-electron chi connectivity index (χ4n) is 3.23. The average Bonchev–Trinajstić information content (AvgIpc) is 2.60. The fourth-order valence-corrected chi connectivity index (χ4v) is 3.23. The van der Waals surface area contributed by atoms with E-state index in [1.54, 1.807) is 12.1 Å². The number of carbonyl (C=O) groups is 2. The molecule has 2 aromatic rings. The Morgan fingerprint density at radius 1 is 1.16 bits per heavy atom. The Hall–Kier alpha value is -2.82. The van der Waals surface area contributed by atoms with Gasteiger partial charge in [-0.1, -0.05) is 18.2 Å². The molecule has 0 aliphatic heterocycles. The molecule has 2 aromatic carbocycles. The summed E-state index contributed by atoms with van der Waals surface area (Å²) in [4.78, 5) is 23.5. The van der Waals surface area contributed by atoms with Crippen molar-refractivity contribution in [2.24, 2.45) is 0 Å². The summed E-state index contributed by atoms with van der Waals surface area (Å²) in [6.45, 7) is 1.95. The maximum Gasteiger partial charge on any atom is 0.251 e. The third kappa shape index (κ3) is 4.18. The summed E-state index contributed by atoms with van der Waals surface area (Å²) in [7, 11) is 0. The van der Waals surface area contributed by atoms with Gasteiger partial charge in [-0.25, -0.2) is 0 Å². The van der Waals surface area contributed by atoms with E-state index in [0.717, 1.165) is 36.1 Å². The van der Waals surface area contributed by atoms with E-state index in [4.69, 9.17) is 5.73 Å². The Bertz CT molecular complexity index is 784. The van der Waals surface area contributed by atoms with Gasteiger partial charge < -0.3 is 16.4 Å². The minimum absolute atomic E-state index is 0.0240. The zero-order chi connectivity index (χ0) is 17.8. The maximum atomic E-state index is 12.6. The van der Waals surface area contributed by atoms with Crippen LogP contribution in [-0.4, -0.2) is 11.8 Å². The summed E-state index contributed by atoms with van der Waals surface area (Å²) >= 11 is 0. The van der Waals surface area contributed by atoms with Crippen LogP contribution in [-0.2, 0) is 17.8 Å². The van der Waals surface area contributed by atoms with E-state index in [9.17, 15) is 9.59 Å². The van der Waals surface area contributed by atoms with Crippen LogP contribution in [0.4, 0.5) is 5.69 Å². The smallest absolute Gasteiger partial charge is 0.251 e. The number of fused-ring (bicyclic) bond motifs is 1. The standard InChI is InChI=1S/C20H23N3O2/c1-13(24)22-12-14-5-7-15(8-6-14)20(25)23-19-4-2-3-16-11-17(21)9-10-18(16)19/h5-11,19H,2-4,12,21H2,1H3,(H,22,24)(H,23,25). The van der Waals surface area contributed by atoms with E-state index in [1.165, 1.54) is 12.5 Å². The third-order valence-electron chi connectivity index (χ3n) is 4.54. The number of rotatable bonds is 4. The highest BCUT2D eigenvalue weighted by molar-refractivity contribution is 5.94. The number of nitrogens with two attached hydrogens (primary N) is 1. The molecule has 0 radical (unpaired) electrons.